The molecule has 1 atom stereocenters. The number of aliphatic hydroxyl groups is 1. The number of β-amino-alcohol motifs (C(OH)–C–C–N with tert-alkyl or cyclic N) is 1. The van der Waals surface area contributed by atoms with E-state index in [4.69, 9.17) is 0 Å². The zero-order valence-electron chi connectivity index (χ0n) is 14.3. The molecule has 2 fully saturated rings. The van der Waals surface area contributed by atoms with E-state index >= 15 is 0 Å². The first-order valence-electron chi connectivity index (χ1n) is 8.54. The molecular formula is C18H26N4O2. The molecule has 1 aromatic rings. The zero-order valence-corrected chi connectivity index (χ0v) is 14.3. The maximum absolute atomic E-state index is 12.3. The SMILES string of the molecule is CN1CCN(C[C@]2(O)CCN(C(=O)/C=C/c3ccncc3)C2)CC1. The monoisotopic (exact) mass is 330 g/mol. The van der Waals surface area contributed by atoms with Gasteiger partial charge in [0.05, 0.1) is 12.1 Å². The standard InChI is InChI=1S/C18H26N4O2/c1-20-10-12-21(13-11-20)14-18(24)6-9-22(15-18)17(23)3-2-16-4-7-19-8-5-16/h2-5,7-8,24H,6,9-15H2,1H3/b3-2+/t18-/m1/s1. The summed E-state index contributed by atoms with van der Waals surface area (Å²) in [5.74, 6) is -0.0406. The molecule has 2 aliphatic rings. The number of likely N-dealkylation sites (N-methyl/N-ethyl adjacent to an activating group) is 1. The first kappa shape index (κ1) is 17.1. The number of amides is 1. The number of hydrogen-bond acceptors (Lipinski definition) is 5. The number of aromatic nitrogens is 1. The fourth-order valence-electron chi connectivity index (χ4n) is 3.34. The van der Waals surface area contributed by atoms with Gasteiger partial charge in [-0.1, -0.05) is 0 Å². The summed E-state index contributed by atoms with van der Waals surface area (Å²) >= 11 is 0. The predicted octanol–water partition coefficient (Wildman–Crippen LogP) is 0.306. The number of likely N-dealkylation sites (tertiary alicyclic amines) is 1. The average molecular weight is 330 g/mol. The fraction of sp³-hybridized carbons (Fsp3) is 0.556. The lowest BCUT2D eigenvalue weighted by Crippen LogP contribution is -2.52. The van der Waals surface area contributed by atoms with E-state index in [1.165, 1.54) is 0 Å². The minimum atomic E-state index is -0.782. The number of carbonyl (C=O) groups is 1. The average Bonchev–Trinajstić information content (AvgIpc) is 2.98. The Labute approximate surface area is 143 Å². The largest absolute Gasteiger partial charge is 0.387 e. The van der Waals surface area contributed by atoms with Crippen LogP contribution in [0, 0.1) is 0 Å². The van der Waals surface area contributed by atoms with Gasteiger partial charge < -0.3 is 14.9 Å². The number of carbonyl (C=O) groups excluding carboxylic acids is 1. The van der Waals surface area contributed by atoms with Crippen molar-refractivity contribution in [3.8, 4) is 0 Å². The highest BCUT2D eigenvalue weighted by atomic mass is 16.3. The molecule has 3 heterocycles. The molecule has 2 aliphatic heterocycles. The van der Waals surface area contributed by atoms with E-state index in [0.717, 1.165) is 31.7 Å². The van der Waals surface area contributed by atoms with Crippen molar-refractivity contribution in [1.29, 1.82) is 0 Å². The van der Waals surface area contributed by atoms with Crippen molar-refractivity contribution in [3.63, 3.8) is 0 Å². The first-order valence-corrected chi connectivity index (χ1v) is 8.54. The Hall–Kier alpha value is -1.76. The van der Waals surface area contributed by atoms with Crippen LogP contribution >= 0.6 is 0 Å². The van der Waals surface area contributed by atoms with E-state index in [1.54, 1.807) is 29.4 Å². The summed E-state index contributed by atoms with van der Waals surface area (Å²) in [4.78, 5) is 22.6. The molecule has 0 saturated carbocycles. The van der Waals surface area contributed by atoms with Gasteiger partial charge in [-0.05, 0) is 37.2 Å². The number of nitrogens with zero attached hydrogens (tertiary/aromatic N) is 4. The van der Waals surface area contributed by atoms with Gasteiger partial charge in [-0.2, -0.15) is 0 Å². The smallest absolute Gasteiger partial charge is 0.246 e. The summed E-state index contributed by atoms with van der Waals surface area (Å²) in [5.41, 5.74) is 0.168. The van der Waals surface area contributed by atoms with Crippen LogP contribution in [-0.4, -0.2) is 89.2 Å². The van der Waals surface area contributed by atoms with Gasteiger partial charge in [-0.15, -0.1) is 0 Å². The van der Waals surface area contributed by atoms with Crippen LogP contribution in [0.2, 0.25) is 0 Å². The van der Waals surface area contributed by atoms with Gasteiger partial charge in [0.1, 0.15) is 0 Å². The van der Waals surface area contributed by atoms with Crippen LogP contribution in [0.25, 0.3) is 6.08 Å². The van der Waals surface area contributed by atoms with Crippen molar-refractivity contribution < 1.29 is 9.90 Å². The molecule has 0 aliphatic carbocycles. The molecule has 0 unspecified atom stereocenters. The molecule has 2 saturated heterocycles. The molecule has 0 bridgehead atoms. The lowest BCUT2D eigenvalue weighted by Gasteiger charge is -2.36. The Kier molecular flexibility index (Phi) is 5.28. The molecule has 1 N–H and O–H groups in total. The highest BCUT2D eigenvalue weighted by Gasteiger charge is 2.39. The minimum absolute atomic E-state index is 0.0406. The van der Waals surface area contributed by atoms with Crippen LogP contribution in [-0.2, 0) is 4.79 Å². The van der Waals surface area contributed by atoms with Crippen molar-refractivity contribution >= 4 is 12.0 Å². The Morgan fingerprint density at radius 2 is 1.96 bits per heavy atom. The molecule has 0 spiro atoms. The third-order valence-electron chi connectivity index (χ3n) is 4.88. The second-order valence-corrected chi connectivity index (χ2v) is 6.93. The highest BCUT2D eigenvalue weighted by Crippen LogP contribution is 2.23. The van der Waals surface area contributed by atoms with Crippen LogP contribution in [0.5, 0.6) is 0 Å². The zero-order chi connectivity index (χ0) is 17.0. The van der Waals surface area contributed by atoms with Gasteiger partial charge in [-0.3, -0.25) is 14.7 Å². The van der Waals surface area contributed by atoms with Gasteiger partial charge in [0, 0.05) is 57.7 Å². The van der Waals surface area contributed by atoms with Crippen molar-refractivity contribution in [1.82, 2.24) is 19.7 Å². The maximum atomic E-state index is 12.3. The number of hydrogen-bond donors (Lipinski definition) is 1. The summed E-state index contributed by atoms with van der Waals surface area (Å²) in [6, 6.07) is 3.72. The van der Waals surface area contributed by atoms with Crippen LogP contribution < -0.4 is 0 Å². The molecule has 130 valence electrons. The lowest BCUT2D eigenvalue weighted by molar-refractivity contribution is -0.126. The van der Waals surface area contributed by atoms with Gasteiger partial charge in [0.2, 0.25) is 5.91 Å². The van der Waals surface area contributed by atoms with Crippen molar-refractivity contribution in [2.75, 3.05) is 52.9 Å². The molecule has 1 aromatic heterocycles. The van der Waals surface area contributed by atoms with E-state index in [9.17, 15) is 9.90 Å². The second kappa shape index (κ2) is 7.42. The number of rotatable bonds is 4. The topological polar surface area (TPSA) is 59.9 Å². The minimum Gasteiger partial charge on any atom is -0.387 e. The molecule has 6 nitrogen and oxygen atoms in total. The van der Waals surface area contributed by atoms with Crippen molar-refractivity contribution in [2.24, 2.45) is 0 Å². The van der Waals surface area contributed by atoms with Gasteiger partial charge >= 0.3 is 0 Å². The molecule has 1 amide bonds. The Morgan fingerprint density at radius 3 is 2.67 bits per heavy atom. The van der Waals surface area contributed by atoms with Crippen LogP contribution in [0.4, 0.5) is 0 Å². The van der Waals surface area contributed by atoms with E-state index in [1.807, 2.05) is 12.1 Å². The predicted molar refractivity (Wildman–Crippen MR) is 93.4 cm³/mol. The Morgan fingerprint density at radius 1 is 1.25 bits per heavy atom. The molecular weight excluding hydrogens is 304 g/mol. The molecule has 6 heteroatoms. The van der Waals surface area contributed by atoms with Crippen LogP contribution in [0.3, 0.4) is 0 Å². The molecule has 0 aromatic carbocycles. The summed E-state index contributed by atoms with van der Waals surface area (Å²) in [6.07, 6.45) is 7.43. The third-order valence-corrected chi connectivity index (χ3v) is 4.88. The second-order valence-electron chi connectivity index (χ2n) is 6.93. The third kappa shape index (κ3) is 4.41. The molecule has 24 heavy (non-hydrogen) atoms. The normalized spacial score (nSPS) is 26.3. The van der Waals surface area contributed by atoms with Gasteiger partial charge in [0.15, 0.2) is 0 Å². The highest BCUT2D eigenvalue weighted by molar-refractivity contribution is 5.92. The van der Waals surface area contributed by atoms with E-state index in [2.05, 4.69) is 21.8 Å². The summed E-state index contributed by atoms with van der Waals surface area (Å²) < 4.78 is 0. The molecule has 0 radical (unpaired) electrons. The fourth-order valence-corrected chi connectivity index (χ4v) is 3.34. The Balaban J connectivity index is 1.52. The summed E-state index contributed by atoms with van der Waals surface area (Å²) in [7, 11) is 2.12. The van der Waals surface area contributed by atoms with E-state index in [-0.39, 0.29) is 5.91 Å². The quantitative estimate of drug-likeness (QED) is 0.805. The van der Waals surface area contributed by atoms with Crippen LogP contribution in [0.1, 0.15) is 12.0 Å². The lowest BCUT2D eigenvalue weighted by atomic mass is 10.0. The summed E-state index contributed by atoms with van der Waals surface area (Å²) in [6.45, 7) is 5.71. The molecule has 3 rings (SSSR count). The van der Waals surface area contributed by atoms with Crippen molar-refractivity contribution in [2.45, 2.75) is 12.0 Å². The number of pyridine rings is 1. The van der Waals surface area contributed by atoms with Crippen molar-refractivity contribution in [3.05, 3.63) is 36.2 Å². The van der Waals surface area contributed by atoms with Gasteiger partial charge in [0.25, 0.3) is 0 Å². The van der Waals surface area contributed by atoms with Gasteiger partial charge in [-0.25, -0.2) is 0 Å². The number of piperazine rings is 1. The summed E-state index contributed by atoms with van der Waals surface area (Å²) in [5, 5.41) is 10.8. The van der Waals surface area contributed by atoms with E-state index in [0.29, 0.717) is 26.1 Å². The van der Waals surface area contributed by atoms with E-state index < -0.39 is 5.60 Å². The maximum Gasteiger partial charge on any atom is 0.246 e. The van der Waals surface area contributed by atoms with Crippen LogP contribution in [0.15, 0.2) is 30.6 Å². The first-order chi connectivity index (χ1) is 11.5. The Bertz CT molecular complexity index is 584.